The molecular weight excluding hydrogens is 168 g/mol. The molecule has 14 heavy (non-hydrogen) atoms. The first-order valence-electron chi connectivity index (χ1n) is 6.37. The number of rotatable bonds is 9. The molecule has 0 aliphatic rings. The summed E-state index contributed by atoms with van der Waals surface area (Å²) >= 11 is 0. The molecule has 0 N–H and O–H groups in total. The molecule has 0 heterocycles. The van der Waals surface area contributed by atoms with Crippen LogP contribution in [0.1, 0.15) is 72.1 Å². The van der Waals surface area contributed by atoms with Crippen LogP contribution in [-0.4, -0.2) is 0 Å². The van der Waals surface area contributed by atoms with Crippen molar-refractivity contribution in [3.05, 3.63) is 12.2 Å². The largest absolute Gasteiger partial charge is 0.0999 e. The van der Waals surface area contributed by atoms with Gasteiger partial charge in [-0.1, -0.05) is 58.6 Å². The van der Waals surface area contributed by atoms with E-state index in [-0.39, 0.29) is 0 Å². The zero-order valence-electron chi connectivity index (χ0n) is 10.4. The molecule has 0 aromatic heterocycles. The van der Waals surface area contributed by atoms with Gasteiger partial charge in [-0.3, -0.25) is 0 Å². The summed E-state index contributed by atoms with van der Waals surface area (Å²) in [7, 11) is 0. The fourth-order valence-corrected chi connectivity index (χ4v) is 1.84. The average molecular weight is 196 g/mol. The molecule has 0 saturated heterocycles. The summed E-state index contributed by atoms with van der Waals surface area (Å²) in [6.45, 7) is 11.0. The van der Waals surface area contributed by atoms with E-state index < -0.39 is 0 Å². The predicted octanol–water partition coefficient (Wildman–Crippen LogP) is 5.34. The summed E-state index contributed by atoms with van der Waals surface area (Å²) in [4.78, 5) is 0. The van der Waals surface area contributed by atoms with E-state index in [0.29, 0.717) is 0 Å². The minimum Gasteiger partial charge on any atom is -0.0999 e. The van der Waals surface area contributed by atoms with Crippen LogP contribution >= 0.6 is 0 Å². The Balaban J connectivity index is 3.34. The smallest absolute Gasteiger partial charge is 0.0320 e. The third-order valence-electron chi connectivity index (χ3n) is 2.91. The van der Waals surface area contributed by atoms with E-state index in [1.165, 1.54) is 56.9 Å². The molecule has 1 unspecified atom stereocenters. The van der Waals surface area contributed by atoms with Gasteiger partial charge in [-0.05, 0) is 31.6 Å². The lowest BCUT2D eigenvalue weighted by Gasteiger charge is -2.11. The maximum atomic E-state index is 4.16. The molecule has 0 spiro atoms. The quantitative estimate of drug-likeness (QED) is 0.345. The van der Waals surface area contributed by atoms with Gasteiger partial charge in [0.15, 0.2) is 0 Å². The topological polar surface area (TPSA) is 0 Å². The first kappa shape index (κ1) is 13.7. The molecule has 0 nitrogen and oxygen atoms in total. The van der Waals surface area contributed by atoms with E-state index in [0.717, 1.165) is 5.92 Å². The molecule has 0 rings (SSSR count). The first-order valence-corrected chi connectivity index (χ1v) is 6.37. The Morgan fingerprint density at radius 1 is 1.00 bits per heavy atom. The number of hydrogen-bond donors (Lipinski definition) is 0. The summed E-state index contributed by atoms with van der Waals surface area (Å²) in [6.07, 6.45) is 10.6. The molecule has 0 radical (unpaired) electrons. The van der Waals surface area contributed by atoms with Crippen molar-refractivity contribution in [2.24, 2.45) is 5.92 Å². The second-order valence-corrected chi connectivity index (χ2v) is 4.64. The molecule has 0 amide bonds. The number of unbranched alkanes of at least 4 members (excludes halogenated alkanes) is 2. The molecule has 0 saturated carbocycles. The van der Waals surface area contributed by atoms with Crippen LogP contribution in [0.2, 0.25) is 0 Å². The second kappa shape index (κ2) is 9.30. The molecular formula is C14H28. The van der Waals surface area contributed by atoms with Crippen LogP contribution in [0, 0.1) is 5.92 Å². The van der Waals surface area contributed by atoms with Crippen LogP contribution in [0.3, 0.4) is 0 Å². The van der Waals surface area contributed by atoms with Crippen molar-refractivity contribution >= 4 is 0 Å². The van der Waals surface area contributed by atoms with Gasteiger partial charge in [0.2, 0.25) is 0 Å². The highest BCUT2D eigenvalue weighted by Gasteiger charge is 2.01. The zero-order chi connectivity index (χ0) is 10.8. The standard InChI is InChI=1S/C14H28/c1-5-7-8-10-14(4)12-11-13(3)9-6-2/h13H,4-12H2,1-3H3. The average Bonchev–Trinajstić information content (AvgIpc) is 2.16. The predicted molar refractivity (Wildman–Crippen MR) is 66.6 cm³/mol. The van der Waals surface area contributed by atoms with Crippen molar-refractivity contribution in [2.75, 3.05) is 0 Å². The molecule has 0 heteroatoms. The van der Waals surface area contributed by atoms with Crippen molar-refractivity contribution in [2.45, 2.75) is 72.1 Å². The lowest BCUT2D eigenvalue weighted by Crippen LogP contribution is -1.95. The van der Waals surface area contributed by atoms with Crippen molar-refractivity contribution in [3.63, 3.8) is 0 Å². The summed E-state index contributed by atoms with van der Waals surface area (Å²) in [5, 5.41) is 0. The van der Waals surface area contributed by atoms with E-state index in [1.54, 1.807) is 0 Å². The van der Waals surface area contributed by atoms with Gasteiger partial charge in [0.05, 0.1) is 0 Å². The highest BCUT2D eigenvalue weighted by atomic mass is 14.1. The molecule has 1 atom stereocenters. The Bertz CT molecular complexity index is 135. The highest BCUT2D eigenvalue weighted by molar-refractivity contribution is 4.93. The van der Waals surface area contributed by atoms with Crippen LogP contribution in [0.5, 0.6) is 0 Å². The SMILES string of the molecule is C=C(CCCCC)CCC(C)CCC. The van der Waals surface area contributed by atoms with Crippen molar-refractivity contribution in [1.82, 2.24) is 0 Å². The molecule has 84 valence electrons. The molecule has 0 aromatic rings. The Labute approximate surface area is 90.8 Å². The molecule has 0 fully saturated rings. The summed E-state index contributed by atoms with van der Waals surface area (Å²) in [5.41, 5.74) is 1.47. The fourth-order valence-electron chi connectivity index (χ4n) is 1.84. The molecule has 0 aliphatic heterocycles. The highest BCUT2D eigenvalue weighted by Crippen LogP contribution is 2.18. The first-order chi connectivity index (χ1) is 6.70. The zero-order valence-corrected chi connectivity index (χ0v) is 10.4. The second-order valence-electron chi connectivity index (χ2n) is 4.64. The van der Waals surface area contributed by atoms with Gasteiger partial charge >= 0.3 is 0 Å². The monoisotopic (exact) mass is 196 g/mol. The lowest BCUT2D eigenvalue weighted by atomic mass is 9.96. The van der Waals surface area contributed by atoms with Crippen molar-refractivity contribution in [3.8, 4) is 0 Å². The van der Waals surface area contributed by atoms with E-state index >= 15 is 0 Å². The summed E-state index contributed by atoms with van der Waals surface area (Å²) < 4.78 is 0. The van der Waals surface area contributed by atoms with Gasteiger partial charge in [0, 0.05) is 0 Å². The van der Waals surface area contributed by atoms with Crippen LogP contribution < -0.4 is 0 Å². The van der Waals surface area contributed by atoms with Gasteiger partial charge in [-0.2, -0.15) is 0 Å². The normalized spacial score (nSPS) is 12.8. The van der Waals surface area contributed by atoms with Gasteiger partial charge in [-0.15, -0.1) is 0 Å². The minimum atomic E-state index is 0.892. The number of hydrogen-bond acceptors (Lipinski definition) is 0. The third kappa shape index (κ3) is 8.34. The summed E-state index contributed by atoms with van der Waals surface area (Å²) in [5.74, 6) is 0.892. The minimum absolute atomic E-state index is 0.892. The lowest BCUT2D eigenvalue weighted by molar-refractivity contribution is 0.481. The maximum absolute atomic E-state index is 4.16. The number of allylic oxidation sites excluding steroid dienone is 1. The Hall–Kier alpha value is -0.260. The van der Waals surface area contributed by atoms with Crippen LogP contribution in [0.15, 0.2) is 12.2 Å². The van der Waals surface area contributed by atoms with E-state index in [1.807, 2.05) is 0 Å². The molecule has 0 bridgehead atoms. The van der Waals surface area contributed by atoms with Crippen molar-refractivity contribution in [1.29, 1.82) is 0 Å². The van der Waals surface area contributed by atoms with E-state index in [9.17, 15) is 0 Å². The van der Waals surface area contributed by atoms with E-state index in [4.69, 9.17) is 0 Å². The Morgan fingerprint density at radius 2 is 1.71 bits per heavy atom. The Kier molecular flexibility index (Phi) is 9.13. The summed E-state index contributed by atoms with van der Waals surface area (Å²) in [6, 6.07) is 0. The van der Waals surface area contributed by atoms with E-state index in [2.05, 4.69) is 27.4 Å². The Morgan fingerprint density at radius 3 is 2.29 bits per heavy atom. The van der Waals surface area contributed by atoms with Gasteiger partial charge < -0.3 is 0 Å². The van der Waals surface area contributed by atoms with Crippen molar-refractivity contribution < 1.29 is 0 Å². The van der Waals surface area contributed by atoms with Crippen LogP contribution in [0.4, 0.5) is 0 Å². The maximum Gasteiger partial charge on any atom is -0.0320 e. The van der Waals surface area contributed by atoms with Crippen LogP contribution in [0.25, 0.3) is 0 Å². The van der Waals surface area contributed by atoms with Gasteiger partial charge in [0.1, 0.15) is 0 Å². The third-order valence-corrected chi connectivity index (χ3v) is 2.91. The molecule has 0 aliphatic carbocycles. The van der Waals surface area contributed by atoms with Crippen LogP contribution in [-0.2, 0) is 0 Å². The fraction of sp³-hybridized carbons (Fsp3) is 0.857. The van der Waals surface area contributed by atoms with Gasteiger partial charge in [-0.25, -0.2) is 0 Å². The van der Waals surface area contributed by atoms with Gasteiger partial charge in [0.25, 0.3) is 0 Å². The molecule has 0 aromatic carbocycles.